The van der Waals surface area contributed by atoms with Crippen LogP contribution >= 0.6 is 11.8 Å². The molecule has 17 heavy (non-hydrogen) atoms. The van der Waals surface area contributed by atoms with Gasteiger partial charge in [-0.25, -0.2) is 0 Å². The molecule has 0 aliphatic carbocycles. The molecule has 0 spiro atoms. The Kier molecular flexibility index (Phi) is 3.94. The summed E-state index contributed by atoms with van der Waals surface area (Å²) < 4.78 is 0. The summed E-state index contributed by atoms with van der Waals surface area (Å²) in [5, 5.41) is 3.06. The van der Waals surface area contributed by atoms with Crippen LogP contribution in [0.4, 0.5) is 5.69 Å². The first kappa shape index (κ1) is 12.3. The highest BCUT2D eigenvalue weighted by atomic mass is 32.2. The number of hydrogen-bond donors (Lipinski definition) is 2. The van der Waals surface area contributed by atoms with E-state index in [1.165, 1.54) is 0 Å². The number of nitrogens with two attached hydrogens (primary N) is 1. The zero-order chi connectivity index (χ0) is 12.3. The van der Waals surface area contributed by atoms with E-state index in [1.54, 1.807) is 6.07 Å². The largest absolute Gasteiger partial charge is 0.398 e. The number of nitrogen functional groups attached to an aromatic ring is 1. The lowest BCUT2D eigenvalue weighted by molar-refractivity contribution is 0.0936. The van der Waals surface area contributed by atoms with Crippen LogP contribution < -0.4 is 11.1 Å². The van der Waals surface area contributed by atoms with E-state index in [2.05, 4.69) is 5.32 Å². The maximum absolute atomic E-state index is 12.0. The number of amides is 1. The van der Waals surface area contributed by atoms with Crippen LogP contribution in [-0.2, 0) is 0 Å². The Hall–Kier alpha value is -1.16. The van der Waals surface area contributed by atoms with Crippen LogP contribution in [-0.4, -0.2) is 23.5 Å². The van der Waals surface area contributed by atoms with Gasteiger partial charge < -0.3 is 11.1 Å². The fourth-order valence-electron chi connectivity index (χ4n) is 1.99. The first-order chi connectivity index (χ1) is 8.16. The molecule has 4 heteroatoms. The van der Waals surface area contributed by atoms with Crippen molar-refractivity contribution in [2.24, 2.45) is 0 Å². The first-order valence-corrected chi connectivity index (χ1v) is 7.07. The smallest absolute Gasteiger partial charge is 0.253 e. The molecule has 3 N–H and O–H groups in total. The third kappa shape index (κ3) is 3.16. The molecule has 1 aliphatic rings. The summed E-state index contributed by atoms with van der Waals surface area (Å²) in [4.78, 5) is 12.0. The highest BCUT2D eigenvalue weighted by molar-refractivity contribution is 7.99. The number of anilines is 1. The van der Waals surface area contributed by atoms with Gasteiger partial charge in [0.15, 0.2) is 0 Å². The summed E-state index contributed by atoms with van der Waals surface area (Å²) >= 11 is 1.95. The first-order valence-electron chi connectivity index (χ1n) is 5.91. The molecule has 1 aliphatic heterocycles. The Morgan fingerprint density at radius 2 is 2.12 bits per heavy atom. The van der Waals surface area contributed by atoms with Gasteiger partial charge in [0.2, 0.25) is 0 Å². The summed E-state index contributed by atoms with van der Waals surface area (Å²) in [6.07, 6.45) is 2.12. The number of aryl methyl sites for hydroxylation is 1. The number of hydrogen-bond acceptors (Lipinski definition) is 3. The van der Waals surface area contributed by atoms with E-state index in [-0.39, 0.29) is 5.91 Å². The van der Waals surface area contributed by atoms with E-state index in [9.17, 15) is 4.79 Å². The number of rotatable bonds is 2. The minimum atomic E-state index is -0.0422. The van der Waals surface area contributed by atoms with Crippen LogP contribution in [0, 0.1) is 6.92 Å². The molecule has 0 radical (unpaired) electrons. The topological polar surface area (TPSA) is 55.1 Å². The second kappa shape index (κ2) is 5.45. The minimum absolute atomic E-state index is 0.0422. The van der Waals surface area contributed by atoms with Gasteiger partial charge in [0.05, 0.1) is 5.56 Å². The van der Waals surface area contributed by atoms with Crippen LogP contribution in [0.3, 0.4) is 0 Å². The van der Waals surface area contributed by atoms with Gasteiger partial charge in [-0.1, -0.05) is 6.07 Å². The highest BCUT2D eigenvalue weighted by Gasteiger charge is 2.17. The van der Waals surface area contributed by atoms with Crippen LogP contribution in [0.2, 0.25) is 0 Å². The van der Waals surface area contributed by atoms with E-state index in [0.29, 0.717) is 17.3 Å². The normalized spacial score (nSPS) is 16.8. The lowest BCUT2D eigenvalue weighted by atomic mass is 10.1. The average molecular weight is 250 g/mol. The molecule has 0 saturated carbocycles. The average Bonchev–Trinajstić information content (AvgIpc) is 2.30. The van der Waals surface area contributed by atoms with Gasteiger partial charge in [-0.05, 0) is 49.0 Å². The molecule has 2 rings (SSSR count). The molecule has 1 fully saturated rings. The molecule has 3 nitrogen and oxygen atoms in total. The fraction of sp³-hybridized carbons (Fsp3) is 0.462. The summed E-state index contributed by atoms with van der Waals surface area (Å²) in [6, 6.07) is 5.87. The number of carbonyl (C=O) groups excluding carboxylic acids is 1. The molecule has 0 atom stereocenters. The summed E-state index contributed by atoms with van der Waals surface area (Å²) in [6.45, 7) is 1.97. The third-order valence-electron chi connectivity index (χ3n) is 3.01. The number of carbonyl (C=O) groups is 1. The fourth-order valence-corrected chi connectivity index (χ4v) is 3.10. The Morgan fingerprint density at radius 1 is 1.41 bits per heavy atom. The number of thioether (sulfide) groups is 1. The van der Waals surface area contributed by atoms with Gasteiger partial charge >= 0.3 is 0 Å². The van der Waals surface area contributed by atoms with Gasteiger partial charge in [-0.15, -0.1) is 0 Å². The van der Waals surface area contributed by atoms with E-state index in [4.69, 9.17) is 5.73 Å². The maximum Gasteiger partial charge on any atom is 0.253 e. The van der Waals surface area contributed by atoms with Crippen LogP contribution in [0.25, 0.3) is 0 Å². The Balaban J connectivity index is 2.03. The molecular formula is C13H18N2OS. The van der Waals surface area contributed by atoms with E-state index < -0.39 is 0 Å². The number of nitrogens with one attached hydrogen (secondary N) is 1. The summed E-state index contributed by atoms with van der Waals surface area (Å²) in [7, 11) is 0. The van der Waals surface area contributed by atoms with Crippen molar-refractivity contribution in [3.05, 3.63) is 29.3 Å². The van der Waals surface area contributed by atoms with Crippen molar-refractivity contribution in [3.63, 3.8) is 0 Å². The quantitative estimate of drug-likeness (QED) is 0.791. The van der Waals surface area contributed by atoms with Crippen molar-refractivity contribution in [1.29, 1.82) is 0 Å². The second-order valence-corrected chi connectivity index (χ2v) is 5.68. The van der Waals surface area contributed by atoms with Crippen molar-refractivity contribution < 1.29 is 4.79 Å². The molecule has 1 aromatic rings. The van der Waals surface area contributed by atoms with Crippen LogP contribution in [0.15, 0.2) is 18.2 Å². The second-order valence-electron chi connectivity index (χ2n) is 4.45. The lowest BCUT2D eigenvalue weighted by Gasteiger charge is -2.22. The van der Waals surface area contributed by atoms with E-state index in [1.807, 2.05) is 30.8 Å². The van der Waals surface area contributed by atoms with Crippen LogP contribution in [0.1, 0.15) is 28.8 Å². The van der Waals surface area contributed by atoms with Gasteiger partial charge in [0.25, 0.3) is 5.91 Å². The maximum atomic E-state index is 12.0. The Morgan fingerprint density at radius 3 is 2.76 bits per heavy atom. The highest BCUT2D eigenvalue weighted by Crippen LogP contribution is 2.19. The summed E-state index contributed by atoms with van der Waals surface area (Å²) in [5.74, 6) is 2.22. The van der Waals surface area contributed by atoms with Crippen molar-refractivity contribution in [3.8, 4) is 0 Å². The van der Waals surface area contributed by atoms with Crippen LogP contribution in [0.5, 0.6) is 0 Å². The molecule has 1 aromatic carbocycles. The number of benzene rings is 1. The molecule has 1 heterocycles. The Labute approximate surface area is 106 Å². The third-order valence-corrected chi connectivity index (χ3v) is 4.06. The molecule has 1 amide bonds. The predicted octanol–water partition coefficient (Wildman–Crippen LogP) is 2.20. The molecule has 0 unspecified atom stereocenters. The predicted molar refractivity (Wildman–Crippen MR) is 73.4 cm³/mol. The standard InChI is InChI=1S/C13H18N2OS/c1-9-2-3-11(12(14)8-9)13(16)15-10-4-6-17-7-5-10/h2-3,8,10H,4-7,14H2,1H3,(H,15,16). The summed E-state index contributed by atoms with van der Waals surface area (Å²) in [5.41, 5.74) is 8.09. The molecule has 92 valence electrons. The SMILES string of the molecule is Cc1ccc(C(=O)NC2CCSCC2)c(N)c1. The van der Waals surface area contributed by atoms with Gasteiger partial charge in [-0.3, -0.25) is 4.79 Å². The van der Waals surface area contributed by atoms with Crippen molar-refractivity contribution in [1.82, 2.24) is 5.32 Å². The van der Waals surface area contributed by atoms with E-state index >= 15 is 0 Å². The zero-order valence-electron chi connectivity index (χ0n) is 10.0. The van der Waals surface area contributed by atoms with Crippen molar-refractivity contribution >= 4 is 23.4 Å². The molecule has 0 bridgehead atoms. The molecule has 0 aromatic heterocycles. The zero-order valence-corrected chi connectivity index (χ0v) is 10.8. The molecule has 1 saturated heterocycles. The monoisotopic (exact) mass is 250 g/mol. The van der Waals surface area contributed by atoms with Gasteiger partial charge in [-0.2, -0.15) is 11.8 Å². The Bertz CT molecular complexity index is 414. The van der Waals surface area contributed by atoms with Gasteiger partial charge in [0.1, 0.15) is 0 Å². The molecular weight excluding hydrogens is 232 g/mol. The minimum Gasteiger partial charge on any atom is -0.398 e. The van der Waals surface area contributed by atoms with Crippen molar-refractivity contribution in [2.75, 3.05) is 17.2 Å². The van der Waals surface area contributed by atoms with E-state index in [0.717, 1.165) is 29.9 Å². The van der Waals surface area contributed by atoms with Crippen molar-refractivity contribution in [2.45, 2.75) is 25.8 Å². The lowest BCUT2D eigenvalue weighted by Crippen LogP contribution is -2.37. The van der Waals surface area contributed by atoms with Gasteiger partial charge in [0, 0.05) is 11.7 Å².